The fourth-order valence-corrected chi connectivity index (χ4v) is 4.69. The normalized spacial score (nSPS) is 29.1. The average Bonchev–Trinajstić information content (AvgIpc) is 3.19. The first kappa shape index (κ1) is 18.4. The molecule has 6 nitrogen and oxygen atoms in total. The van der Waals surface area contributed by atoms with Gasteiger partial charge in [-0.1, -0.05) is 54.6 Å². The third-order valence-electron chi connectivity index (χ3n) is 6.04. The summed E-state index contributed by atoms with van der Waals surface area (Å²) in [6, 6.07) is 16.3. The number of rotatable bonds is 3. The van der Waals surface area contributed by atoms with Gasteiger partial charge in [0, 0.05) is 13.1 Å². The van der Waals surface area contributed by atoms with Gasteiger partial charge in [-0.15, -0.1) is 0 Å². The van der Waals surface area contributed by atoms with E-state index in [1.165, 1.54) is 14.2 Å². The van der Waals surface area contributed by atoms with E-state index in [9.17, 15) is 14.4 Å². The number of benzene rings is 2. The molecule has 2 amide bonds. The van der Waals surface area contributed by atoms with Gasteiger partial charge in [0.15, 0.2) is 5.54 Å². The maximum Gasteiger partial charge on any atom is 0.331 e. The van der Waals surface area contributed by atoms with Gasteiger partial charge in [0.1, 0.15) is 0 Å². The van der Waals surface area contributed by atoms with Crippen LogP contribution in [-0.4, -0.2) is 36.8 Å². The van der Waals surface area contributed by atoms with Crippen LogP contribution in [0.15, 0.2) is 54.6 Å². The predicted molar refractivity (Wildman–Crippen MR) is 102 cm³/mol. The lowest BCUT2D eigenvalue weighted by molar-refractivity contribution is -0.154. The van der Waals surface area contributed by atoms with E-state index in [0.717, 1.165) is 16.0 Å². The van der Waals surface area contributed by atoms with Crippen molar-refractivity contribution in [1.82, 2.24) is 10.2 Å². The summed E-state index contributed by atoms with van der Waals surface area (Å²) in [5.41, 5.74) is 1.08. The summed E-state index contributed by atoms with van der Waals surface area (Å²) in [5.74, 6) is -2.77. The zero-order valence-electron chi connectivity index (χ0n) is 16.0. The van der Waals surface area contributed by atoms with Crippen molar-refractivity contribution in [2.45, 2.75) is 18.5 Å². The Balaban J connectivity index is 1.97. The minimum atomic E-state index is -1.43. The number of carbonyl (C=O) groups is 3. The molecule has 1 N–H and O–H groups in total. The third kappa shape index (κ3) is 2.34. The van der Waals surface area contributed by atoms with E-state index in [4.69, 9.17) is 4.74 Å². The van der Waals surface area contributed by atoms with Crippen molar-refractivity contribution in [2.24, 2.45) is 11.8 Å². The van der Waals surface area contributed by atoms with Crippen molar-refractivity contribution >= 4 is 17.8 Å². The molecule has 4 rings (SSSR count). The van der Waals surface area contributed by atoms with E-state index >= 15 is 0 Å². The summed E-state index contributed by atoms with van der Waals surface area (Å²) in [6.07, 6.45) is 0. The number of hydrogen-bond acceptors (Lipinski definition) is 5. The Morgan fingerprint density at radius 2 is 1.68 bits per heavy atom. The highest BCUT2D eigenvalue weighted by Gasteiger charge is 2.69. The SMILES string of the molecule is COC(=O)[C@]1(c2ccccc2)N[C@H](c2ccccc2C)[C@@H]2C(=O)N(C)C(=O)[C@H]21. The van der Waals surface area contributed by atoms with E-state index in [-0.39, 0.29) is 11.8 Å². The van der Waals surface area contributed by atoms with Crippen LogP contribution < -0.4 is 5.32 Å². The van der Waals surface area contributed by atoms with Gasteiger partial charge in [-0.3, -0.25) is 19.8 Å². The van der Waals surface area contributed by atoms with Gasteiger partial charge in [-0.05, 0) is 23.6 Å². The summed E-state index contributed by atoms with van der Waals surface area (Å²) in [4.78, 5) is 40.4. The molecule has 2 heterocycles. The fourth-order valence-electron chi connectivity index (χ4n) is 4.69. The highest BCUT2D eigenvalue weighted by molar-refractivity contribution is 6.09. The van der Waals surface area contributed by atoms with Crippen molar-refractivity contribution in [3.05, 3.63) is 71.3 Å². The molecule has 6 heteroatoms. The molecule has 0 bridgehead atoms. The lowest BCUT2D eigenvalue weighted by Gasteiger charge is -2.32. The minimum absolute atomic E-state index is 0.280. The first-order valence-corrected chi connectivity index (χ1v) is 9.22. The molecular weight excluding hydrogens is 356 g/mol. The second-order valence-corrected chi connectivity index (χ2v) is 7.38. The van der Waals surface area contributed by atoms with Crippen LogP contribution in [0.1, 0.15) is 22.7 Å². The van der Waals surface area contributed by atoms with E-state index in [1.807, 2.05) is 49.4 Å². The summed E-state index contributed by atoms with van der Waals surface area (Å²) < 4.78 is 5.15. The standard InChI is InChI=1S/C22H22N2O4/c1-13-9-7-8-12-15(13)18-16-17(20(26)24(2)19(16)25)22(23-18,21(27)28-3)14-10-5-4-6-11-14/h4-12,16-18,23H,1-3H3/t16-,17+,18-,22-/m1/s1. The van der Waals surface area contributed by atoms with Crippen molar-refractivity contribution in [2.75, 3.05) is 14.2 Å². The molecule has 144 valence electrons. The molecule has 2 aliphatic heterocycles. The van der Waals surface area contributed by atoms with E-state index in [1.54, 1.807) is 12.1 Å². The number of amides is 2. The summed E-state index contributed by atoms with van der Waals surface area (Å²) in [6.45, 7) is 1.96. The smallest absolute Gasteiger partial charge is 0.331 e. The predicted octanol–water partition coefficient (Wildman–Crippen LogP) is 1.94. The van der Waals surface area contributed by atoms with Crippen LogP contribution in [0.3, 0.4) is 0 Å². The number of nitrogens with one attached hydrogen (secondary N) is 1. The first-order valence-electron chi connectivity index (χ1n) is 9.22. The lowest BCUT2D eigenvalue weighted by atomic mass is 9.75. The molecule has 2 fully saturated rings. The van der Waals surface area contributed by atoms with Gasteiger partial charge >= 0.3 is 5.97 Å². The number of aryl methyl sites for hydroxylation is 1. The van der Waals surface area contributed by atoms with Gasteiger partial charge < -0.3 is 4.74 Å². The number of methoxy groups -OCH3 is 1. The van der Waals surface area contributed by atoms with Gasteiger partial charge in [-0.2, -0.15) is 0 Å². The molecule has 28 heavy (non-hydrogen) atoms. The van der Waals surface area contributed by atoms with Gasteiger partial charge in [0.05, 0.1) is 18.9 Å². The van der Waals surface area contributed by atoms with Crippen LogP contribution in [0.5, 0.6) is 0 Å². The highest BCUT2D eigenvalue weighted by atomic mass is 16.5. The molecule has 2 saturated heterocycles. The second-order valence-electron chi connectivity index (χ2n) is 7.38. The topological polar surface area (TPSA) is 75.7 Å². The van der Waals surface area contributed by atoms with Crippen molar-refractivity contribution in [3.8, 4) is 0 Å². The number of likely N-dealkylation sites (tertiary alicyclic amines) is 1. The molecule has 2 aromatic rings. The summed E-state index contributed by atoms with van der Waals surface area (Å²) >= 11 is 0. The molecule has 0 unspecified atom stereocenters. The third-order valence-corrected chi connectivity index (χ3v) is 6.04. The van der Waals surface area contributed by atoms with Crippen LogP contribution in [0.25, 0.3) is 0 Å². The Bertz CT molecular complexity index is 958. The van der Waals surface area contributed by atoms with Crippen LogP contribution in [0.4, 0.5) is 0 Å². The van der Waals surface area contributed by atoms with Gasteiger partial charge in [0.25, 0.3) is 0 Å². The number of carbonyl (C=O) groups excluding carboxylic acids is 3. The molecule has 0 aromatic heterocycles. The number of esters is 1. The number of imide groups is 1. The Hall–Kier alpha value is -2.99. The molecule has 2 aromatic carbocycles. The Morgan fingerprint density at radius 3 is 2.32 bits per heavy atom. The first-order chi connectivity index (χ1) is 13.4. The maximum absolute atomic E-state index is 13.1. The Morgan fingerprint density at radius 1 is 1.04 bits per heavy atom. The molecule has 0 aliphatic carbocycles. The van der Waals surface area contributed by atoms with Gasteiger partial charge in [0.2, 0.25) is 11.8 Å². The second kappa shape index (κ2) is 6.56. The summed E-state index contributed by atoms with van der Waals surface area (Å²) in [5, 5.41) is 3.37. The minimum Gasteiger partial charge on any atom is -0.467 e. The van der Waals surface area contributed by atoms with Crippen LogP contribution in [0.2, 0.25) is 0 Å². The van der Waals surface area contributed by atoms with Crippen LogP contribution in [0, 0.1) is 18.8 Å². The zero-order chi connectivity index (χ0) is 20.1. The van der Waals surface area contributed by atoms with Crippen molar-refractivity contribution < 1.29 is 19.1 Å². The number of ether oxygens (including phenoxy) is 1. The monoisotopic (exact) mass is 378 g/mol. The van der Waals surface area contributed by atoms with Crippen molar-refractivity contribution in [3.63, 3.8) is 0 Å². The van der Waals surface area contributed by atoms with Gasteiger partial charge in [-0.25, -0.2) is 4.79 Å². The van der Waals surface area contributed by atoms with E-state index < -0.39 is 29.4 Å². The largest absolute Gasteiger partial charge is 0.467 e. The number of fused-ring (bicyclic) bond motifs is 1. The average molecular weight is 378 g/mol. The Labute approximate surface area is 163 Å². The molecule has 0 saturated carbocycles. The lowest BCUT2D eigenvalue weighted by Crippen LogP contribution is -2.53. The zero-order valence-corrected chi connectivity index (χ0v) is 16.0. The Kier molecular flexibility index (Phi) is 4.31. The van der Waals surface area contributed by atoms with Crippen LogP contribution in [-0.2, 0) is 24.7 Å². The summed E-state index contributed by atoms with van der Waals surface area (Å²) in [7, 11) is 2.78. The number of hydrogen-bond donors (Lipinski definition) is 1. The highest BCUT2D eigenvalue weighted by Crippen LogP contribution is 2.53. The molecule has 2 aliphatic rings. The molecule has 4 atom stereocenters. The van der Waals surface area contributed by atoms with Crippen molar-refractivity contribution in [1.29, 1.82) is 0 Å². The fraction of sp³-hybridized carbons (Fsp3) is 0.318. The number of nitrogens with zero attached hydrogens (tertiary/aromatic N) is 1. The van der Waals surface area contributed by atoms with Crippen LogP contribution >= 0.6 is 0 Å². The maximum atomic E-state index is 13.1. The quantitative estimate of drug-likeness (QED) is 0.653. The molecule has 0 radical (unpaired) electrons. The van der Waals surface area contributed by atoms with E-state index in [0.29, 0.717) is 5.56 Å². The molecular formula is C22H22N2O4. The van der Waals surface area contributed by atoms with E-state index in [2.05, 4.69) is 5.32 Å². The molecule has 0 spiro atoms.